The Hall–Kier alpha value is -2.23. The van der Waals surface area contributed by atoms with E-state index in [-0.39, 0.29) is 25.2 Å². The minimum Gasteiger partial charge on any atom is -0.481 e. The quantitative estimate of drug-likeness (QED) is 0.235. The maximum atomic E-state index is 12.9. The van der Waals surface area contributed by atoms with E-state index in [1.807, 2.05) is 19.9 Å². The Morgan fingerprint density at radius 3 is 2.21 bits per heavy atom. The molecule has 29 heavy (non-hydrogen) atoms. The standard InChI is InChI=1S/C20H29N3O5S/c1-3-12(2)17(21)20(28)22-15(11-13-7-5-4-6-8-13)19(27)18(26)14(23-29)9-10-16(24)25/h4-8,12,14-15,17,23,29H,3,9-11,21H2,1-2H3,(H,22,28)(H,24,25)/t12-,14-,15-,17?/m0/s1. The minimum absolute atomic E-state index is 0.0954. The first-order chi connectivity index (χ1) is 13.7. The monoisotopic (exact) mass is 423 g/mol. The highest BCUT2D eigenvalue weighted by Gasteiger charge is 2.33. The molecule has 4 atom stereocenters. The van der Waals surface area contributed by atoms with Crippen molar-refractivity contribution in [3.63, 3.8) is 0 Å². The SMILES string of the molecule is CC[C@H](C)C(N)C(=O)N[C@@H](Cc1ccccc1)C(=O)C(=O)[C@H](CCC(=O)O)NS. The zero-order valence-electron chi connectivity index (χ0n) is 16.6. The van der Waals surface area contributed by atoms with E-state index in [2.05, 4.69) is 22.9 Å². The number of benzene rings is 1. The fraction of sp³-hybridized carbons (Fsp3) is 0.500. The fourth-order valence-electron chi connectivity index (χ4n) is 2.70. The number of carbonyl (C=O) groups excluding carboxylic acids is 3. The Morgan fingerprint density at radius 2 is 1.69 bits per heavy atom. The van der Waals surface area contributed by atoms with Crippen LogP contribution in [0, 0.1) is 5.92 Å². The molecular weight excluding hydrogens is 394 g/mol. The van der Waals surface area contributed by atoms with Crippen molar-refractivity contribution in [3.05, 3.63) is 35.9 Å². The Morgan fingerprint density at radius 1 is 1.10 bits per heavy atom. The average Bonchev–Trinajstić information content (AvgIpc) is 2.72. The second-order valence-corrected chi connectivity index (χ2v) is 7.26. The van der Waals surface area contributed by atoms with Crippen LogP contribution in [0.1, 0.15) is 38.7 Å². The zero-order chi connectivity index (χ0) is 22.0. The number of carboxylic acid groups (broad SMARTS) is 1. The first-order valence-corrected chi connectivity index (χ1v) is 9.95. The van der Waals surface area contributed by atoms with Crippen LogP contribution in [0.2, 0.25) is 0 Å². The maximum Gasteiger partial charge on any atom is 0.303 e. The van der Waals surface area contributed by atoms with Gasteiger partial charge in [-0.1, -0.05) is 63.4 Å². The molecule has 0 fully saturated rings. The molecule has 1 unspecified atom stereocenters. The van der Waals surface area contributed by atoms with E-state index >= 15 is 0 Å². The number of Topliss-reactive ketones (excluding diaryl/α,β-unsaturated/α-hetero) is 2. The number of thiol groups is 1. The number of carboxylic acids is 1. The van der Waals surface area contributed by atoms with E-state index in [0.29, 0.717) is 6.42 Å². The summed E-state index contributed by atoms with van der Waals surface area (Å²) in [5.41, 5.74) is 6.72. The maximum absolute atomic E-state index is 12.9. The largest absolute Gasteiger partial charge is 0.481 e. The molecule has 1 aromatic rings. The van der Waals surface area contributed by atoms with Crippen LogP contribution in [0.3, 0.4) is 0 Å². The molecular formula is C20H29N3O5S. The van der Waals surface area contributed by atoms with Gasteiger partial charge in [0.25, 0.3) is 0 Å². The summed E-state index contributed by atoms with van der Waals surface area (Å²) in [5, 5.41) is 11.4. The van der Waals surface area contributed by atoms with E-state index < -0.39 is 41.6 Å². The number of aliphatic carboxylic acids is 1. The molecule has 0 aliphatic rings. The van der Waals surface area contributed by atoms with Crippen molar-refractivity contribution in [1.29, 1.82) is 0 Å². The highest BCUT2D eigenvalue weighted by Crippen LogP contribution is 2.10. The van der Waals surface area contributed by atoms with Crippen molar-refractivity contribution in [2.75, 3.05) is 0 Å². The van der Waals surface area contributed by atoms with Crippen LogP contribution < -0.4 is 15.8 Å². The van der Waals surface area contributed by atoms with E-state index in [9.17, 15) is 19.2 Å². The van der Waals surface area contributed by atoms with E-state index in [0.717, 1.165) is 5.56 Å². The number of amides is 1. The predicted octanol–water partition coefficient (Wildman–Crippen LogP) is 0.893. The molecule has 0 aliphatic carbocycles. The van der Waals surface area contributed by atoms with Crippen LogP contribution in [0.4, 0.5) is 0 Å². The van der Waals surface area contributed by atoms with E-state index in [1.165, 1.54) is 0 Å². The van der Waals surface area contributed by atoms with Crippen LogP contribution in [0.15, 0.2) is 30.3 Å². The van der Waals surface area contributed by atoms with Gasteiger partial charge in [0, 0.05) is 12.8 Å². The molecule has 5 N–H and O–H groups in total. The van der Waals surface area contributed by atoms with Gasteiger partial charge in [0.15, 0.2) is 0 Å². The third kappa shape index (κ3) is 7.96. The van der Waals surface area contributed by atoms with Gasteiger partial charge in [-0.15, -0.1) is 0 Å². The van der Waals surface area contributed by atoms with Gasteiger partial charge in [-0.25, -0.2) is 0 Å². The van der Waals surface area contributed by atoms with Crippen LogP contribution in [0.5, 0.6) is 0 Å². The molecule has 0 radical (unpaired) electrons. The molecule has 1 amide bonds. The first-order valence-electron chi connectivity index (χ1n) is 9.50. The van der Waals surface area contributed by atoms with Gasteiger partial charge in [-0.05, 0) is 17.9 Å². The first kappa shape index (κ1) is 24.8. The van der Waals surface area contributed by atoms with Crippen molar-refractivity contribution in [2.24, 2.45) is 11.7 Å². The second kappa shape index (κ2) is 12.4. The summed E-state index contributed by atoms with van der Waals surface area (Å²) in [5.74, 6) is -3.36. The lowest BCUT2D eigenvalue weighted by Crippen LogP contribution is -2.54. The lowest BCUT2D eigenvalue weighted by molar-refractivity contribution is -0.140. The zero-order valence-corrected chi connectivity index (χ0v) is 17.5. The number of nitrogens with two attached hydrogens (primary N) is 1. The molecule has 0 aliphatic heterocycles. The summed E-state index contributed by atoms with van der Waals surface area (Å²) in [6.07, 6.45) is 0.405. The summed E-state index contributed by atoms with van der Waals surface area (Å²) >= 11 is 3.84. The van der Waals surface area contributed by atoms with E-state index in [4.69, 9.17) is 10.8 Å². The number of rotatable bonds is 13. The summed E-state index contributed by atoms with van der Waals surface area (Å²) in [7, 11) is 0. The minimum atomic E-state index is -1.11. The van der Waals surface area contributed by atoms with Crippen LogP contribution in [-0.2, 0) is 25.6 Å². The van der Waals surface area contributed by atoms with Crippen molar-refractivity contribution >= 4 is 36.3 Å². The molecule has 1 aromatic carbocycles. The molecule has 0 bridgehead atoms. The number of hydrogen-bond donors (Lipinski definition) is 5. The number of hydrogen-bond acceptors (Lipinski definition) is 7. The average molecular weight is 424 g/mol. The summed E-state index contributed by atoms with van der Waals surface area (Å²) in [6.45, 7) is 3.73. The molecule has 9 heteroatoms. The second-order valence-electron chi connectivity index (χ2n) is 7.00. The number of ketones is 2. The molecule has 0 spiro atoms. The third-order valence-corrected chi connectivity index (χ3v) is 5.15. The van der Waals surface area contributed by atoms with Gasteiger partial charge < -0.3 is 16.2 Å². The lowest BCUT2D eigenvalue weighted by atomic mass is 9.94. The molecule has 0 saturated carbocycles. The third-order valence-electron chi connectivity index (χ3n) is 4.84. The summed E-state index contributed by atoms with van der Waals surface area (Å²) in [4.78, 5) is 48.8. The van der Waals surface area contributed by atoms with Gasteiger partial charge in [0.1, 0.15) is 0 Å². The van der Waals surface area contributed by atoms with Crippen molar-refractivity contribution in [2.45, 2.75) is 57.7 Å². The summed E-state index contributed by atoms with van der Waals surface area (Å²) < 4.78 is 2.38. The van der Waals surface area contributed by atoms with Gasteiger partial charge in [-0.3, -0.25) is 23.9 Å². The highest BCUT2D eigenvalue weighted by molar-refractivity contribution is 7.78. The normalized spacial score (nSPS) is 15.0. The predicted molar refractivity (Wildman–Crippen MR) is 112 cm³/mol. The van der Waals surface area contributed by atoms with Gasteiger partial charge >= 0.3 is 5.97 Å². The van der Waals surface area contributed by atoms with Crippen molar-refractivity contribution < 1.29 is 24.3 Å². The van der Waals surface area contributed by atoms with Gasteiger partial charge in [-0.2, -0.15) is 0 Å². The van der Waals surface area contributed by atoms with Crippen molar-refractivity contribution in [3.8, 4) is 0 Å². The van der Waals surface area contributed by atoms with Crippen LogP contribution in [-0.4, -0.2) is 46.7 Å². The molecule has 0 heterocycles. The van der Waals surface area contributed by atoms with Crippen LogP contribution in [0.25, 0.3) is 0 Å². The Bertz CT molecular complexity index is 713. The fourth-order valence-corrected chi connectivity index (χ4v) is 2.95. The van der Waals surface area contributed by atoms with Crippen molar-refractivity contribution in [1.82, 2.24) is 10.0 Å². The molecule has 0 saturated heterocycles. The molecule has 0 aromatic heterocycles. The molecule has 160 valence electrons. The number of carbonyl (C=O) groups is 4. The number of nitrogens with one attached hydrogen (secondary N) is 2. The van der Waals surface area contributed by atoms with Gasteiger partial charge in [0.05, 0.1) is 18.1 Å². The molecule has 8 nitrogen and oxygen atoms in total. The molecule has 1 rings (SSSR count). The van der Waals surface area contributed by atoms with Crippen LogP contribution >= 0.6 is 12.8 Å². The highest BCUT2D eigenvalue weighted by atomic mass is 32.1. The van der Waals surface area contributed by atoms with Gasteiger partial charge in [0.2, 0.25) is 17.5 Å². The smallest absolute Gasteiger partial charge is 0.303 e. The van der Waals surface area contributed by atoms with E-state index in [1.54, 1.807) is 24.3 Å². The Kier molecular flexibility index (Phi) is 10.6. The lowest BCUT2D eigenvalue weighted by Gasteiger charge is -2.23. The topological polar surface area (TPSA) is 139 Å². The Labute approximate surface area is 176 Å². The Balaban J connectivity index is 3.01. The summed E-state index contributed by atoms with van der Waals surface area (Å²) in [6, 6.07) is 5.96.